The molecule has 8 nitrogen and oxygen atoms in total. The summed E-state index contributed by atoms with van der Waals surface area (Å²) in [6.45, 7) is 0. The molecule has 2 aliphatic heterocycles. The molecule has 2 heterocycles. The minimum atomic E-state index is -1.24. The third-order valence-electron chi connectivity index (χ3n) is 5.05. The van der Waals surface area contributed by atoms with Gasteiger partial charge < -0.3 is 5.21 Å². The van der Waals surface area contributed by atoms with E-state index < -0.39 is 35.7 Å². The monoisotopic (exact) mass is 535 g/mol. The Morgan fingerprint density at radius 1 is 0.700 bits per heavy atom. The largest absolute Gasteiger partial charge is 0.312 e. The van der Waals surface area contributed by atoms with Crippen LogP contribution in [0.25, 0.3) is 0 Å². The summed E-state index contributed by atoms with van der Waals surface area (Å²) in [6, 6.07) is 10.7. The topological polar surface area (TPSA) is 98.2 Å². The predicted molar refractivity (Wildman–Crippen MR) is 114 cm³/mol. The number of carbonyl (C=O) groups excluding carboxylic acids is 4. The van der Waals surface area contributed by atoms with Gasteiger partial charge in [0.15, 0.2) is 0 Å². The zero-order chi connectivity index (χ0) is 21.6. The van der Waals surface area contributed by atoms with Crippen LogP contribution in [-0.2, 0) is 19.2 Å². The Hall–Kier alpha value is -2.40. The third-order valence-corrected chi connectivity index (χ3v) is 6.11. The molecule has 2 fully saturated rings. The van der Waals surface area contributed by atoms with E-state index in [1.54, 1.807) is 48.5 Å². The first-order valence-corrected chi connectivity index (χ1v) is 10.6. The standard InChI is InChI=1S/C20H15Br2N3O5/c21-11-1-5-13(6-2-11)23-17(26)9-15(19(23)28)25(30)16-10-18(27)24(20(16)29)14-7-3-12(22)4-8-14/h1-8,15-16,30H,9-10H2/t15-,16+. The molecule has 2 aromatic carbocycles. The van der Waals surface area contributed by atoms with Gasteiger partial charge in [-0.1, -0.05) is 31.9 Å². The van der Waals surface area contributed by atoms with E-state index in [-0.39, 0.29) is 12.8 Å². The van der Waals surface area contributed by atoms with Crippen molar-refractivity contribution in [3.8, 4) is 0 Å². The first-order valence-electron chi connectivity index (χ1n) is 9.00. The molecule has 0 radical (unpaired) electrons. The fraction of sp³-hybridized carbons (Fsp3) is 0.200. The molecule has 30 heavy (non-hydrogen) atoms. The molecule has 2 aromatic rings. The van der Waals surface area contributed by atoms with Crippen LogP contribution in [0.5, 0.6) is 0 Å². The molecule has 2 saturated heterocycles. The number of halogens is 2. The average Bonchev–Trinajstić information content (AvgIpc) is 3.18. The number of amides is 4. The number of hydroxylamine groups is 2. The van der Waals surface area contributed by atoms with E-state index in [4.69, 9.17) is 0 Å². The Bertz CT molecular complexity index is 958. The summed E-state index contributed by atoms with van der Waals surface area (Å²) in [5.74, 6) is -2.28. The first kappa shape index (κ1) is 20.9. The Morgan fingerprint density at radius 3 is 1.37 bits per heavy atom. The van der Waals surface area contributed by atoms with Crippen LogP contribution < -0.4 is 9.80 Å². The van der Waals surface area contributed by atoms with Crippen molar-refractivity contribution in [2.24, 2.45) is 0 Å². The zero-order valence-corrected chi connectivity index (χ0v) is 18.5. The second-order valence-corrected chi connectivity index (χ2v) is 8.74. The number of imide groups is 2. The lowest BCUT2D eigenvalue weighted by molar-refractivity contribution is -0.172. The van der Waals surface area contributed by atoms with Gasteiger partial charge in [0.1, 0.15) is 12.1 Å². The number of nitrogens with zero attached hydrogens (tertiary/aromatic N) is 3. The van der Waals surface area contributed by atoms with Crippen LogP contribution in [0.15, 0.2) is 57.5 Å². The van der Waals surface area contributed by atoms with Gasteiger partial charge in [0.25, 0.3) is 11.8 Å². The van der Waals surface area contributed by atoms with Crippen LogP contribution in [0.3, 0.4) is 0 Å². The van der Waals surface area contributed by atoms with Crippen molar-refractivity contribution in [1.29, 1.82) is 0 Å². The van der Waals surface area contributed by atoms with E-state index in [9.17, 15) is 24.4 Å². The number of anilines is 2. The normalized spacial score (nSPS) is 22.0. The maximum Gasteiger partial charge on any atom is 0.254 e. The molecule has 0 saturated carbocycles. The maximum atomic E-state index is 12.9. The van der Waals surface area contributed by atoms with Crippen LogP contribution in [0.2, 0.25) is 0 Å². The van der Waals surface area contributed by atoms with Crippen molar-refractivity contribution in [2.45, 2.75) is 24.9 Å². The van der Waals surface area contributed by atoms with Gasteiger partial charge in [-0.15, -0.1) is 0 Å². The second-order valence-electron chi connectivity index (χ2n) is 6.91. The van der Waals surface area contributed by atoms with Gasteiger partial charge in [0.2, 0.25) is 11.8 Å². The van der Waals surface area contributed by atoms with Crippen LogP contribution in [0.4, 0.5) is 11.4 Å². The number of benzene rings is 2. The molecule has 0 bridgehead atoms. The maximum absolute atomic E-state index is 12.9. The summed E-state index contributed by atoms with van der Waals surface area (Å²) in [5.41, 5.74) is 0.740. The van der Waals surface area contributed by atoms with Crippen LogP contribution >= 0.6 is 31.9 Å². The molecule has 1 N–H and O–H groups in total. The molecule has 0 aliphatic carbocycles. The lowest BCUT2D eigenvalue weighted by atomic mass is 10.1. The lowest BCUT2D eigenvalue weighted by Crippen LogP contribution is -2.49. The van der Waals surface area contributed by atoms with Gasteiger partial charge in [0.05, 0.1) is 24.2 Å². The second kappa shape index (κ2) is 8.03. The van der Waals surface area contributed by atoms with E-state index in [1.807, 2.05) is 0 Å². The number of hydrogen-bond acceptors (Lipinski definition) is 6. The molecule has 4 rings (SSSR count). The van der Waals surface area contributed by atoms with E-state index in [2.05, 4.69) is 31.9 Å². The number of carbonyl (C=O) groups is 4. The molecule has 4 amide bonds. The Balaban J connectivity index is 1.55. The zero-order valence-electron chi connectivity index (χ0n) is 15.4. The molecular weight excluding hydrogens is 522 g/mol. The smallest absolute Gasteiger partial charge is 0.254 e. The van der Waals surface area contributed by atoms with Crippen molar-refractivity contribution in [1.82, 2.24) is 5.06 Å². The molecule has 0 spiro atoms. The summed E-state index contributed by atoms with van der Waals surface area (Å²) in [6.07, 6.45) is -0.580. The van der Waals surface area contributed by atoms with Crippen LogP contribution in [0, 0.1) is 0 Å². The van der Waals surface area contributed by atoms with Gasteiger partial charge in [0, 0.05) is 8.95 Å². The molecule has 2 atom stereocenters. The van der Waals surface area contributed by atoms with Gasteiger partial charge in [-0.05, 0) is 48.5 Å². The Labute approximate surface area is 188 Å². The van der Waals surface area contributed by atoms with E-state index in [0.717, 1.165) is 18.7 Å². The minimum absolute atomic E-state index is 0.290. The fourth-order valence-corrected chi connectivity index (χ4v) is 4.11. The summed E-state index contributed by atoms with van der Waals surface area (Å²) in [5, 5.41) is 11.2. The highest BCUT2D eigenvalue weighted by atomic mass is 79.9. The van der Waals surface area contributed by atoms with Crippen LogP contribution in [-0.4, -0.2) is 46.0 Å². The van der Waals surface area contributed by atoms with Crippen LogP contribution in [0.1, 0.15) is 12.8 Å². The first-order chi connectivity index (χ1) is 14.3. The van der Waals surface area contributed by atoms with E-state index >= 15 is 0 Å². The van der Waals surface area contributed by atoms with Gasteiger partial charge in [-0.3, -0.25) is 19.2 Å². The Kier molecular flexibility index (Phi) is 5.58. The fourth-order valence-electron chi connectivity index (χ4n) is 3.59. The Morgan fingerprint density at radius 2 is 1.03 bits per heavy atom. The van der Waals surface area contributed by atoms with Crippen molar-refractivity contribution in [3.05, 3.63) is 57.5 Å². The van der Waals surface area contributed by atoms with Gasteiger partial charge in [-0.25, -0.2) is 9.80 Å². The highest BCUT2D eigenvalue weighted by Crippen LogP contribution is 2.31. The van der Waals surface area contributed by atoms with Crippen molar-refractivity contribution in [3.63, 3.8) is 0 Å². The SMILES string of the molecule is O=C1C[C@@H](N(O)[C@H]2CC(=O)N(c3ccc(Br)cc3)C2=O)C(=O)N1c1ccc(Br)cc1. The highest BCUT2D eigenvalue weighted by molar-refractivity contribution is 9.10. The molecule has 0 unspecified atom stereocenters. The average molecular weight is 537 g/mol. The summed E-state index contributed by atoms with van der Waals surface area (Å²) in [4.78, 5) is 52.6. The summed E-state index contributed by atoms with van der Waals surface area (Å²) >= 11 is 6.58. The summed E-state index contributed by atoms with van der Waals surface area (Å²) < 4.78 is 1.57. The van der Waals surface area contributed by atoms with Gasteiger partial charge in [-0.2, -0.15) is 5.06 Å². The number of hydrogen-bond donors (Lipinski definition) is 1. The third kappa shape index (κ3) is 3.60. The quantitative estimate of drug-likeness (QED) is 0.476. The van der Waals surface area contributed by atoms with Crippen molar-refractivity contribution >= 4 is 66.9 Å². The van der Waals surface area contributed by atoms with Crippen molar-refractivity contribution < 1.29 is 24.4 Å². The van der Waals surface area contributed by atoms with E-state index in [1.165, 1.54) is 0 Å². The number of rotatable bonds is 4. The predicted octanol–water partition coefficient (Wildman–Crippen LogP) is 2.87. The highest BCUT2D eigenvalue weighted by Gasteiger charge is 2.50. The molecule has 10 heteroatoms. The molecule has 154 valence electrons. The molecular formula is C20H15Br2N3O5. The van der Waals surface area contributed by atoms with E-state index in [0.29, 0.717) is 16.4 Å². The molecule has 2 aliphatic rings. The minimum Gasteiger partial charge on any atom is -0.312 e. The molecule has 0 aromatic heterocycles. The summed E-state index contributed by atoms with van der Waals surface area (Å²) in [7, 11) is 0. The van der Waals surface area contributed by atoms with Crippen molar-refractivity contribution in [2.75, 3.05) is 9.80 Å². The lowest BCUT2D eigenvalue weighted by Gasteiger charge is -2.25. The van der Waals surface area contributed by atoms with Gasteiger partial charge >= 0.3 is 0 Å².